The average Bonchev–Trinajstić information content (AvgIpc) is 2.94. The highest BCUT2D eigenvalue weighted by atomic mass is 16.5. The molecule has 104 valence electrons. The molecule has 3 nitrogen and oxygen atoms in total. The van der Waals surface area contributed by atoms with Gasteiger partial charge in [-0.15, -0.1) is 0 Å². The Balaban J connectivity index is 1.97. The molecule has 2 N–H and O–H groups in total. The van der Waals surface area contributed by atoms with Crippen LogP contribution in [0, 0.1) is 0 Å². The Morgan fingerprint density at radius 3 is 2.50 bits per heavy atom. The van der Waals surface area contributed by atoms with Crippen molar-refractivity contribution in [3.63, 3.8) is 0 Å². The van der Waals surface area contributed by atoms with E-state index < -0.39 is 5.54 Å². The summed E-state index contributed by atoms with van der Waals surface area (Å²) in [6.07, 6.45) is 0.960. The maximum atomic E-state index is 6.56. The van der Waals surface area contributed by atoms with Gasteiger partial charge in [0.05, 0.1) is 19.3 Å². The average molecular weight is 269 g/mol. The zero-order valence-electron chi connectivity index (χ0n) is 11.8. The van der Waals surface area contributed by atoms with Crippen molar-refractivity contribution in [1.29, 1.82) is 0 Å². The van der Waals surface area contributed by atoms with Crippen molar-refractivity contribution in [2.75, 3.05) is 13.7 Å². The lowest BCUT2D eigenvalue weighted by Gasteiger charge is -2.26. The van der Waals surface area contributed by atoms with Gasteiger partial charge in [0, 0.05) is 6.42 Å². The van der Waals surface area contributed by atoms with Gasteiger partial charge in [0.25, 0.3) is 0 Å². The molecule has 1 heterocycles. The van der Waals surface area contributed by atoms with Gasteiger partial charge in [0.15, 0.2) is 0 Å². The quantitative estimate of drug-likeness (QED) is 0.932. The molecular weight excluding hydrogens is 250 g/mol. The van der Waals surface area contributed by atoms with Crippen molar-refractivity contribution in [3.05, 3.63) is 59.2 Å². The first-order valence-corrected chi connectivity index (χ1v) is 6.81. The van der Waals surface area contributed by atoms with E-state index in [0.717, 1.165) is 35.7 Å². The summed E-state index contributed by atoms with van der Waals surface area (Å²) in [6, 6.07) is 14.1. The molecule has 0 radical (unpaired) electrons. The molecular formula is C17H19NO2. The lowest BCUT2D eigenvalue weighted by atomic mass is 9.85. The van der Waals surface area contributed by atoms with E-state index in [4.69, 9.17) is 15.2 Å². The smallest absolute Gasteiger partial charge is 0.122 e. The standard InChI is InChI=1S/C17H19NO2/c1-17(18,13-3-6-15(19-2)7-4-13)14-5-8-16-12(11-14)9-10-20-16/h3-8,11H,9-10,18H2,1-2H3. The molecule has 1 unspecified atom stereocenters. The van der Waals surface area contributed by atoms with Crippen molar-refractivity contribution in [3.8, 4) is 11.5 Å². The summed E-state index contributed by atoms with van der Waals surface area (Å²) in [6.45, 7) is 2.80. The van der Waals surface area contributed by atoms with Gasteiger partial charge in [-0.2, -0.15) is 0 Å². The Morgan fingerprint density at radius 2 is 1.80 bits per heavy atom. The number of hydrogen-bond donors (Lipinski definition) is 1. The Kier molecular flexibility index (Phi) is 3.14. The molecule has 0 spiro atoms. The first-order valence-electron chi connectivity index (χ1n) is 6.81. The molecule has 1 aliphatic rings. The maximum Gasteiger partial charge on any atom is 0.122 e. The van der Waals surface area contributed by atoms with Crippen LogP contribution in [0.5, 0.6) is 11.5 Å². The van der Waals surface area contributed by atoms with Gasteiger partial charge in [0.2, 0.25) is 0 Å². The minimum atomic E-state index is -0.524. The van der Waals surface area contributed by atoms with Gasteiger partial charge >= 0.3 is 0 Å². The first kappa shape index (κ1) is 13.0. The summed E-state index contributed by atoms with van der Waals surface area (Å²) in [7, 11) is 1.66. The van der Waals surface area contributed by atoms with E-state index in [0.29, 0.717) is 0 Å². The highest BCUT2D eigenvalue weighted by Gasteiger charge is 2.25. The molecule has 0 aromatic heterocycles. The van der Waals surface area contributed by atoms with Crippen LogP contribution in [0.3, 0.4) is 0 Å². The van der Waals surface area contributed by atoms with E-state index in [1.165, 1.54) is 5.56 Å². The van der Waals surface area contributed by atoms with Crippen LogP contribution in [0.15, 0.2) is 42.5 Å². The van der Waals surface area contributed by atoms with E-state index >= 15 is 0 Å². The molecule has 1 atom stereocenters. The van der Waals surface area contributed by atoms with Crippen LogP contribution < -0.4 is 15.2 Å². The van der Waals surface area contributed by atoms with E-state index in [9.17, 15) is 0 Å². The molecule has 3 heteroatoms. The van der Waals surface area contributed by atoms with Crippen LogP contribution in [0.4, 0.5) is 0 Å². The van der Waals surface area contributed by atoms with Gasteiger partial charge in [-0.3, -0.25) is 0 Å². The van der Waals surface area contributed by atoms with Crippen molar-refractivity contribution in [2.45, 2.75) is 18.9 Å². The third kappa shape index (κ3) is 2.14. The molecule has 20 heavy (non-hydrogen) atoms. The molecule has 0 saturated heterocycles. The summed E-state index contributed by atoms with van der Waals surface area (Å²) in [5.41, 5.74) is 9.45. The molecule has 0 bridgehead atoms. The minimum Gasteiger partial charge on any atom is -0.497 e. The zero-order chi connectivity index (χ0) is 14.2. The molecule has 0 amide bonds. The monoisotopic (exact) mass is 269 g/mol. The second kappa shape index (κ2) is 4.84. The van der Waals surface area contributed by atoms with Gasteiger partial charge in [-0.25, -0.2) is 0 Å². The Bertz CT molecular complexity index is 617. The molecule has 2 aromatic rings. The van der Waals surface area contributed by atoms with Gasteiger partial charge in [-0.05, 0) is 47.9 Å². The van der Waals surface area contributed by atoms with Gasteiger partial charge in [-0.1, -0.05) is 18.2 Å². The second-order valence-electron chi connectivity index (χ2n) is 5.35. The van der Waals surface area contributed by atoms with Crippen LogP contribution in [0.1, 0.15) is 23.6 Å². The fourth-order valence-corrected chi connectivity index (χ4v) is 2.61. The largest absolute Gasteiger partial charge is 0.497 e. The third-order valence-electron chi connectivity index (χ3n) is 3.98. The summed E-state index contributed by atoms with van der Waals surface area (Å²) >= 11 is 0. The lowest BCUT2D eigenvalue weighted by molar-refractivity contribution is 0.356. The summed E-state index contributed by atoms with van der Waals surface area (Å²) in [4.78, 5) is 0. The van der Waals surface area contributed by atoms with Crippen molar-refractivity contribution in [2.24, 2.45) is 5.73 Å². The molecule has 0 saturated carbocycles. The number of methoxy groups -OCH3 is 1. The first-order chi connectivity index (χ1) is 9.61. The number of ether oxygens (including phenoxy) is 2. The Hall–Kier alpha value is -2.00. The summed E-state index contributed by atoms with van der Waals surface area (Å²) in [5, 5.41) is 0. The Morgan fingerprint density at radius 1 is 1.10 bits per heavy atom. The van der Waals surface area contributed by atoms with E-state index in [1.54, 1.807) is 7.11 Å². The fourth-order valence-electron chi connectivity index (χ4n) is 2.61. The lowest BCUT2D eigenvalue weighted by Crippen LogP contribution is -2.34. The maximum absolute atomic E-state index is 6.56. The topological polar surface area (TPSA) is 44.5 Å². The summed E-state index contributed by atoms with van der Waals surface area (Å²) < 4.78 is 10.7. The number of hydrogen-bond acceptors (Lipinski definition) is 3. The molecule has 2 aromatic carbocycles. The third-order valence-corrected chi connectivity index (χ3v) is 3.98. The molecule has 0 aliphatic carbocycles. The number of fused-ring (bicyclic) bond motifs is 1. The van der Waals surface area contributed by atoms with E-state index in [2.05, 4.69) is 6.07 Å². The van der Waals surface area contributed by atoms with Crippen LogP contribution in [-0.4, -0.2) is 13.7 Å². The SMILES string of the molecule is COc1ccc(C(C)(N)c2ccc3c(c2)CCO3)cc1. The number of nitrogens with two attached hydrogens (primary N) is 1. The second-order valence-corrected chi connectivity index (χ2v) is 5.35. The highest BCUT2D eigenvalue weighted by molar-refractivity contribution is 5.46. The number of benzene rings is 2. The minimum absolute atomic E-state index is 0.524. The van der Waals surface area contributed by atoms with Crippen molar-refractivity contribution in [1.82, 2.24) is 0 Å². The van der Waals surface area contributed by atoms with E-state index in [-0.39, 0.29) is 0 Å². The molecule has 3 rings (SSSR count). The van der Waals surface area contributed by atoms with Crippen molar-refractivity contribution < 1.29 is 9.47 Å². The molecule has 0 fully saturated rings. The van der Waals surface area contributed by atoms with Gasteiger partial charge in [0.1, 0.15) is 11.5 Å². The fraction of sp³-hybridized carbons (Fsp3) is 0.294. The predicted octanol–water partition coefficient (Wildman–Crippen LogP) is 2.85. The van der Waals surface area contributed by atoms with Gasteiger partial charge < -0.3 is 15.2 Å². The summed E-state index contributed by atoms with van der Waals surface area (Å²) in [5.74, 6) is 1.83. The van der Waals surface area contributed by atoms with E-state index in [1.807, 2.05) is 43.3 Å². The van der Waals surface area contributed by atoms with Crippen LogP contribution >= 0.6 is 0 Å². The Labute approximate surface area is 119 Å². The molecule has 1 aliphatic heterocycles. The van der Waals surface area contributed by atoms with Crippen LogP contribution in [0.2, 0.25) is 0 Å². The van der Waals surface area contributed by atoms with Crippen molar-refractivity contribution >= 4 is 0 Å². The normalized spacial score (nSPS) is 16.1. The van der Waals surface area contributed by atoms with Crippen LogP contribution in [-0.2, 0) is 12.0 Å². The number of rotatable bonds is 3. The predicted molar refractivity (Wildman–Crippen MR) is 79.3 cm³/mol. The highest BCUT2D eigenvalue weighted by Crippen LogP contribution is 2.33. The van der Waals surface area contributed by atoms with Crippen LogP contribution in [0.25, 0.3) is 0 Å². The zero-order valence-corrected chi connectivity index (χ0v) is 11.8.